The van der Waals surface area contributed by atoms with Crippen molar-refractivity contribution in [3.05, 3.63) is 0 Å². The van der Waals surface area contributed by atoms with Gasteiger partial charge in [-0.25, -0.2) is 0 Å². The molecule has 0 spiro atoms. The van der Waals surface area contributed by atoms with Crippen LogP contribution in [0.25, 0.3) is 0 Å². The summed E-state index contributed by atoms with van der Waals surface area (Å²) in [4.78, 5) is 36.3. The number of nitrogens with two attached hydrogens (primary N) is 4. The number of hydrogen-bond donors (Lipinski definition) is 7. The van der Waals surface area contributed by atoms with Gasteiger partial charge in [0, 0.05) is 6.42 Å². The van der Waals surface area contributed by atoms with E-state index in [0.29, 0.717) is 19.4 Å². The fourth-order valence-electron chi connectivity index (χ4n) is 1.43. The van der Waals surface area contributed by atoms with Gasteiger partial charge in [0.25, 0.3) is 5.91 Å². The van der Waals surface area contributed by atoms with Crippen LogP contribution in [0.4, 0.5) is 0 Å². The van der Waals surface area contributed by atoms with E-state index >= 15 is 0 Å². The number of rotatable bonds is 9. The lowest BCUT2D eigenvalue weighted by Crippen LogP contribution is -2.78. The van der Waals surface area contributed by atoms with E-state index in [9.17, 15) is 14.4 Å². The normalized spacial score (nSPS) is 13.1. The molecule has 0 heterocycles. The van der Waals surface area contributed by atoms with Crippen LogP contribution in [-0.4, -0.2) is 42.3 Å². The third-order valence-corrected chi connectivity index (χ3v) is 2.49. The molecule has 13 N–H and O–H groups in total. The highest BCUT2D eigenvalue weighted by Crippen LogP contribution is 1.95. The first-order valence-corrected chi connectivity index (χ1v) is 6.06. The second-order valence-electron chi connectivity index (χ2n) is 4.36. The Kier molecular flexibility index (Phi) is 7.67. The molecular weight excluding hydrogens is 266 g/mol. The van der Waals surface area contributed by atoms with Crippen molar-refractivity contribution in [2.24, 2.45) is 22.9 Å². The Balaban J connectivity index is 4.25. The van der Waals surface area contributed by atoms with E-state index in [4.69, 9.17) is 22.9 Å². The molecule has 0 rings (SSSR count). The van der Waals surface area contributed by atoms with Gasteiger partial charge in [-0.2, -0.15) is 0 Å². The van der Waals surface area contributed by atoms with Crippen molar-refractivity contribution in [3.63, 3.8) is 0 Å². The maximum Gasteiger partial charge on any atom is 0.338 e. The number of nitrogens with one attached hydrogen (secondary N) is 2. The van der Waals surface area contributed by atoms with Crippen LogP contribution in [0.3, 0.4) is 0 Å². The van der Waals surface area contributed by atoms with Crippen molar-refractivity contribution in [2.45, 2.75) is 31.3 Å². The number of carbonyl (C=O) groups is 3. The topological polar surface area (TPSA) is 209 Å². The van der Waals surface area contributed by atoms with Crippen molar-refractivity contribution in [2.75, 3.05) is 6.54 Å². The van der Waals surface area contributed by atoms with Crippen molar-refractivity contribution < 1.29 is 25.1 Å². The van der Waals surface area contributed by atoms with Gasteiger partial charge in [0.2, 0.25) is 11.8 Å². The highest BCUT2D eigenvalue weighted by molar-refractivity contribution is 5.91. The maximum atomic E-state index is 11.8. The van der Waals surface area contributed by atoms with Gasteiger partial charge >= 0.3 is 5.96 Å². The summed E-state index contributed by atoms with van der Waals surface area (Å²) in [6, 6.07) is -1.71. The monoisotopic (exact) mass is 289 g/mol. The molecule has 20 heavy (non-hydrogen) atoms. The summed E-state index contributed by atoms with van der Waals surface area (Å²) in [5.41, 5.74) is 24.1. The lowest BCUT2D eigenvalue weighted by Gasteiger charge is -2.15. The molecule has 0 radical (unpaired) electrons. The molecule has 0 fully saturated rings. The van der Waals surface area contributed by atoms with E-state index in [1.807, 2.05) is 0 Å². The van der Waals surface area contributed by atoms with E-state index in [1.54, 1.807) is 0 Å². The third-order valence-electron chi connectivity index (χ3n) is 2.49. The van der Waals surface area contributed by atoms with E-state index in [0.717, 1.165) is 0 Å². The average Bonchev–Trinajstić information content (AvgIpc) is 2.32. The van der Waals surface area contributed by atoms with Crippen molar-refractivity contribution in [1.29, 1.82) is 0 Å². The van der Waals surface area contributed by atoms with E-state index in [2.05, 4.69) is 16.0 Å². The van der Waals surface area contributed by atoms with Crippen molar-refractivity contribution in [3.8, 4) is 0 Å². The zero-order chi connectivity index (χ0) is 15.7. The molecule has 3 amide bonds. The molecule has 0 aliphatic heterocycles. The highest BCUT2D eigenvalue weighted by Gasteiger charge is 2.25. The number of guanidine groups is 1. The summed E-state index contributed by atoms with van der Waals surface area (Å²) in [7, 11) is 0. The van der Waals surface area contributed by atoms with Gasteiger partial charge in [-0.1, -0.05) is 0 Å². The van der Waals surface area contributed by atoms with Gasteiger partial charge in [0.05, 0.1) is 13.0 Å². The Morgan fingerprint density at radius 1 is 1.15 bits per heavy atom. The quantitative estimate of drug-likeness (QED) is 0.125. The second-order valence-corrected chi connectivity index (χ2v) is 4.36. The predicted octanol–water partition coefficient (Wildman–Crippen LogP) is -6.42. The largest absolute Gasteiger partial charge is 0.370 e. The summed E-state index contributed by atoms with van der Waals surface area (Å²) >= 11 is 0. The number of amides is 3. The molecule has 0 saturated carbocycles. The molecule has 114 valence electrons. The van der Waals surface area contributed by atoms with E-state index < -0.39 is 29.8 Å². The molecule has 0 bridgehead atoms. The Morgan fingerprint density at radius 3 is 2.20 bits per heavy atom. The molecular formula is C10H23N7O3+2. The third kappa shape index (κ3) is 7.87. The summed E-state index contributed by atoms with van der Waals surface area (Å²) in [6.07, 6.45) is 0.721. The van der Waals surface area contributed by atoms with Gasteiger partial charge in [-0.3, -0.25) is 30.8 Å². The smallest absolute Gasteiger partial charge is 0.338 e. The zero-order valence-corrected chi connectivity index (χ0v) is 11.2. The minimum atomic E-state index is -1.12. The highest BCUT2D eigenvalue weighted by atomic mass is 16.2. The number of carbonyl (C=O) groups excluding carboxylic acids is 3. The van der Waals surface area contributed by atoms with Crippen LogP contribution < -0.4 is 39.0 Å². The molecule has 2 atom stereocenters. The first kappa shape index (κ1) is 17.6. The van der Waals surface area contributed by atoms with Gasteiger partial charge in [0.1, 0.15) is 6.04 Å². The van der Waals surface area contributed by atoms with E-state index in [1.165, 1.54) is 0 Å². The van der Waals surface area contributed by atoms with Crippen molar-refractivity contribution in [1.82, 2.24) is 5.32 Å². The SMILES string of the molecule is NC(=O)C[C@H](NC(=O)[C@@H]([NH3+])CCC[NH+]=C(N)N)C(N)=O. The Bertz CT molecular complexity index is 392. The number of primary amides is 2. The van der Waals surface area contributed by atoms with Gasteiger partial charge in [0.15, 0.2) is 6.04 Å². The molecule has 10 nitrogen and oxygen atoms in total. The van der Waals surface area contributed by atoms with Crippen LogP contribution in [0.5, 0.6) is 0 Å². The Morgan fingerprint density at radius 2 is 1.75 bits per heavy atom. The maximum absolute atomic E-state index is 11.8. The number of quaternary nitrogens is 1. The molecule has 0 aliphatic rings. The van der Waals surface area contributed by atoms with Gasteiger partial charge in [-0.05, 0) is 6.42 Å². The van der Waals surface area contributed by atoms with Crippen LogP contribution in [-0.2, 0) is 14.4 Å². The Hall–Kier alpha value is -2.36. The summed E-state index contributed by atoms with van der Waals surface area (Å²) in [5, 5.41) is 2.35. The lowest BCUT2D eigenvalue weighted by molar-refractivity contribution is -0.463. The fourth-order valence-corrected chi connectivity index (χ4v) is 1.43. The molecule has 0 aromatic carbocycles. The average molecular weight is 289 g/mol. The van der Waals surface area contributed by atoms with E-state index in [-0.39, 0.29) is 12.4 Å². The Labute approximate surface area is 116 Å². The van der Waals surface area contributed by atoms with Crippen LogP contribution >= 0.6 is 0 Å². The predicted molar refractivity (Wildman–Crippen MR) is 70.1 cm³/mol. The molecule has 0 unspecified atom stereocenters. The molecule has 0 aliphatic carbocycles. The first-order chi connectivity index (χ1) is 9.23. The first-order valence-electron chi connectivity index (χ1n) is 6.06. The minimum absolute atomic E-state index is 0.102. The zero-order valence-electron chi connectivity index (χ0n) is 11.2. The van der Waals surface area contributed by atoms with Crippen LogP contribution in [0.15, 0.2) is 0 Å². The summed E-state index contributed by atoms with van der Waals surface area (Å²) in [6.45, 7) is 0.502. The molecule has 0 aromatic heterocycles. The van der Waals surface area contributed by atoms with Gasteiger partial charge in [-0.15, -0.1) is 0 Å². The number of hydrogen-bond acceptors (Lipinski definition) is 3. The summed E-state index contributed by atoms with van der Waals surface area (Å²) in [5.74, 6) is -1.92. The minimum Gasteiger partial charge on any atom is -0.370 e. The molecule has 10 heteroatoms. The van der Waals surface area contributed by atoms with Crippen molar-refractivity contribution >= 4 is 23.7 Å². The molecule has 0 aromatic rings. The van der Waals surface area contributed by atoms with Gasteiger partial charge < -0.3 is 22.5 Å². The van der Waals surface area contributed by atoms with Crippen LogP contribution in [0.2, 0.25) is 0 Å². The van der Waals surface area contributed by atoms with Crippen LogP contribution in [0.1, 0.15) is 19.3 Å². The molecule has 0 saturated heterocycles. The summed E-state index contributed by atoms with van der Waals surface area (Å²) < 4.78 is 0. The lowest BCUT2D eigenvalue weighted by atomic mass is 10.1. The second kappa shape index (κ2) is 8.69. The standard InChI is InChI=1S/C10H21N7O3/c11-5(2-1-3-16-10(14)15)9(20)17-6(8(13)19)4-7(12)18/h5-6H,1-4,11H2,(H2,12,18)(H2,13,19)(H,17,20)(H4,14,15,16)/p+2/t5-,6-/m0/s1. The fraction of sp³-hybridized carbons (Fsp3) is 0.600. The van der Waals surface area contributed by atoms with Crippen LogP contribution in [0, 0.1) is 0 Å².